The van der Waals surface area contributed by atoms with Crippen molar-refractivity contribution >= 4 is 27.3 Å². The smallest absolute Gasteiger partial charge is 0.126 e. The molecule has 4 heteroatoms. The number of aliphatic hydroxyl groups is 1. The Morgan fingerprint density at radius 3 is 2.36 bits per heavy atom. The number of halogens is 1. The van der Waals surface area contributed by atoms with E-state index in [0.717, 1.165) is 35.3 Å². The molecule has 14 heavy (non-hydrogen) atoms. The Balaban J connectivity index is 2.86. The van der Waals surface area contributed by atoms with Crippen LogP contribution in [0.2, 0.25) is 0 Å². The molecule has 0 saturated heterocycles. The lowest BCUT2D eigenvalue weighted by atomic mass is 9.93. The van der Waals surface area contributed by atoms with Crippen molar-refractivity contribution in [3.63, 3.8) is 0 Å². The first-order chi connectivity index (χ1) is 6.62. The highest BCUT2D eigenvalue weighted by molar-refractivity contribution is 9.10. The van der Waals surface area contributed by atoms with E-state index in [-0.39, 0.29) is 0 Å². The standard InChI is InChI=1S/C10H16BrNOS/c1-3-5-10(13,6-4-2)9-12-8(11)7-14-9/h7,13H,3-6H2,1-2H3. The van der Waals surface area contributed by atoms with Crippen LogP contribution in [0.1, 0.15) is 44.5 Å². The van der Waals surface area contributed by atoms with Gasteiger partial charge in [0, 0.05) is 5.38 Å². The number of thiazole rings is 1. The van der Waals surface area contributed by atoms with Gasteiger partial charge in [0.25, 0.3) is 0 Å². The van der Waals surface area contributed by atoms with Gasteiger partial charge in [-0.05, 0) is 28.8 Å². The summed E-state index contributed by atoms with van der Waals surface area (Å²) in [5, 5.41) is 13.2. The van der Waals surface area contributed by atoms with E-state index in [1.807, 2.05) is 5.38 Å². The van der Waals surface area contributed by atoms with E-state index >= 15 is 0 Å². The van der Waals surface area contributed by atoms with Gasteiger partial charge in [0.05, 0.1) is 0 Å². The van der Waals surface area contributed by atoms with Crippen LogP contribution in [-0.4, -0.2) is 10.1 Å². The van der Waals surface area contributed by atoms with Crippen molar-refractivity contribution in [3.8, 4) is 0 Å². The second kappa shape index (κ2) is 5.24. The first-order valence-corrected chi connectivity index (χ1v) is 6.63. The normalized spacial score (nSPS) is 12.0. The fourth-order valence-corrected chi connectivity index (χ4v) is 3.05. The second-order valence-electron chi connectivity index (χ2n) is 3.51. The van der Waals surface area contributed by atoms with Crippen LogP contribution < -0.4 is 0 Å². The topological polar surface area (TPSA) is 33.1 Å². The van der Waals surface area contributed by atoms with Crippen LogP contribution in [0.5, 0.6) is 0 Å². The van der Waals surface area contributed by atoms with Crippen LogP contribution in [0, 0.1) is 0 Å². The van der Waals surface area contributed by atoms with Crippen molar-refractivity contribution in [2.45, 2.75) is 45.1 Å². The molecule has 0 bridgehead atoms. The minimum atomic E-state index is -0.708. The van der Waals surface area contributed by atoms with Crippen LogP contribution >= 0.6 is 27.3 Å². The molecule has 0 saturated carbocycles. The number of hydrogen-bond donors (Lipinski definition) is 1. The molecule has 0 amide bonds. The maximum absolute atomic E-state index is 10.4. The third-order valence-corrected chi connectivity index (χ3v) is 3.95. The molecule has 0 aliphatic heterocycles. The molecule has 0 aliphatic rings. The van der Waals surface area contributed by atoms with E-state index < -0.39 is 5.60 Å². The number of nitrogens with zero attached hydrogens (tertiary/aromatic N) is 1. The molecule has 0 spiro atoms. The van der Waals surface area contributed by atoms with Crippen LogP contribution in [0.4, 0.5) is 0 Å². The van der Waals surface area contributed by atoms with Crippen LogP contribution in [-0.2, 0) is 5.60 Å². The summed E-state index contributed by atoms with van der Waals surface area (Å²) in [4.78, 5) is 4.31. The van der Waals surface area contributed by atoms with E-state index in [4.69, 9.17) is 0 Å². The fraction of sp³-hybridized carbons (Fsp3) is 0.700. The average Bonchev–Trinajstić information content (AvgIpc) is 2.53. The molecule has 1 aromatic heterocycles. The van der Waals surface area contributed by atoms with Crippen LogP contribution in [0.25, 0.3) is 0 Å². The van der Waals surface area contributed by atoms with E-state index in [0.29, 0.717) is 0 Å². The van der Waals surface area contributed by atoms with Gasteiger partial charge in [0.1, 0.15) is 15.2 Å². The Bertz CT molecular complexity index is 281. The lowest BCUT2D eigenvalue weighted by Gasteiger charge is -2.24. The average molecular weight is 278 g/mol. The number of rotatable bonds is 5. The molecule has 1 aromatic rings. The number of hydrogen-bond acceptors (Lipinski definition) is 3. The van der Waals surface area contributed by atoms with Crippen molar-refractivity contribution in [2.24, 2.45) is 0 Å². The van der Waals surface area contributed by atoms with Gasteiger partial charge >= 0.3 is 0 Å². The molecule has 2 nitrogen and oxygen atoms in total. The highest BCUT2D eigenvalue weighted by Gasteiger charge is 2.30. The van der Waals surface area contributed by atoms with Gasteiger partial charge in [-0.25, -0.2) is 4.98 Å². The van der Waals surface area contributed by atoms with Gasteiger partial charge in [-0.3, -0.25) is 0 Å². The van der Waals surface area contributed by atoms with E-state index in [2.05, 4.69) is 34.8 Å². The number of aromatic nitrogens is 1. The molecule has 0 aliphatic carbocycles. The minimum Gasteiger partial charge on any atom is -0.383 e. The quantitative estimate of drug-likeness (QED) is 0.891. The third-order valence-electron chi connectivity index (χ3n) is 2.20. The summed E-state index contributed by atoms with van der Waals surface area (Å²) in [6.45, 7) is 4.17. The maximum Gasteiger partial charge on any atom is 0.126 e. The first kappa shape index (κ1) is 12.1. The van der Waals surface area contributed by atoms with Gasteiger partial charge in [-0.1, -0.05) is 26.7 Å². The summed E-state index contributed by atoms with van der Waals surface area (Å²) in [6, 6.07) is 0. The molecule has 1 rings (SSSR count). The molecule has 0 unspecified atom stereocenters. The van der Waals surface area contributed by atoms with Gasteiger partial charge in [0.2, 0.25) is 0 Å². The molecule has 0 fully saturated rings. The van der Waals surface area contributed by atoms with Crippen molar-refractivity contribution in [2.75, 3.05) is 0 Å². The molecule has 0 radical (unpaired) electrons. The highest BCUT2D eigenvalue weighted by Crippen LogP contribution is 2.34. The fourth-order valence-electron chi connectivity index (χ4n) is 1.63. The largest absolute Gasteiger partial charge is 0.383 e. The van der Waals surface area contributed by atoms with Crippen molar-refractivity contribution in [1.82, 2.24) is 4.98 Å². The predicted octanol–water partition coefficient (Wildman–Crippen LogP) is 3.69. The lowest BCUT2D eigenvalue weighted by Crippen LogP contribution is -2.25. The zero-order chi connectivity index (χ0) is 10.6. The second-order valence-corrected chi connectivity index (χ2v) is 5.18. The summed E-state index contributed by atoms with van der Waals surface area (Å²) in [7, 11) is 0. The van der Waals surface area contributed by atoms with Gasteiger partial charge in [-0.15, -0.1) is 11.3 Å². The molecule has 0 aromatic carbocycles. The van der Waals surface area contributed by atoms with Gasteiger partial charge in [0.15, 0.2) is 0 Å². The van der Waals surface area contributed by atoms with E-state index in [1.165, 1.54) is 11.3 Å². The Morgan fingerprint density at radius 1 is 1.43 bits per heavy atom. The monoisotopic (exact) mass is 277 g/mol. The summed E-state index contributed by atoms with van der Waals surface area (Å²) >= 11 is 4.84. The van der Waals surface area contributed by atoms with Gasteiger partial charge < -0.3 is 5.11 Å². The van der Waals surface area contributed by atoms with Crippen LogP contribution in [0.3, 0.4) is 0 Å². The third kappa shape index (κ3) is 2.78. The molecule has 80 valence electrons. The SMILES string of the molecule is CCCC(O)(CCC)c1nc(Br)cs1. The van der Waals surface area contributed by atoms with Crippen LogP contribution in [0.15, 0.2) is 9.98 Å². The Hall–Kier alpha value is 0.0700. The molecule has 1 heterocycles. The lowest BCUT2D eigenvalue weighted by molar-refractivity contribution is 0.0166. The van der Waals surface area contributed by atoms with Gasteiger partial charge in [-0.2, -0.15) is 0 Å². The van der Waals surface area contributed by atoms with E-state index in [9.17, 15) is 5.11 Å². The zero-order valence-electron chi connectivity index (χ0n) is 8.59. The maximum atomic E-state index is 10.4. The highest BCUT2D eigenvalue weighted by atomic mass is 79.9. The minimum absolute atomic E-state index is 0.708. The van der Waals surface area contributed by atoms with E-state index in [1.54, 1.807) is 0 Å². The van der Waals surface area contributed by atoms with Crippen molar-refractivity contribution in [3.05, 3.63) is 15.0 Å². The Kier molecular flexibility index (Phi) is 4.54. The Labute approximate surface area is 97.5 Å². The molecular formula is C10H16BrNOS. The summed E-state index contributed by atoms with van der Waals surface area (Å²) in [6.07, 6.45) is 3.54. The summed E-state index contributed by atoms with van der Waals surface area (Å²) in [5.74, 6) is 0. The Morgan fingerprint density at radius 2 is 2.00 bits per heavy atom. The zero-order valence-corrected chi connectivity index (χ0v) is 11.0. The molecule has 1 N–H and O–H groups in total. The summed E-state index contributed by atoms with van der Waals surface area (Å²) in [5.41, 5.74) is -0.708. The predicted molar refractivity (Wildman–Crippen MR) is 63.5 cm³/mol. The first-order valence-electron chi connectivity index (χ1n) is 4.96. The van der Waals surface area contributed by atoms with Crippen molar-refractivity contribution in [1.29, 1.82) is 0 Å². The van der Waals surface area contributed by atoms with Crippen molar-refractivity contribution < 1.29 is 5.11 Å². The molecular weight excluding hydrogens is 262 g/mol. The molecule has 0 atom stereocenters. The summed E-state index contributed by atoms with van der Waals surface area (Å²) < 4.78 is 0.822.